The van der Waals surface area contributed by atoms with Crippen LogP contribution >= 0.6 is 0 Å². The standard InChI is InChI=1S/C10H15NO2S/c1-4-9-5-8(2)6-10(7-9)11-14(3,12)13/h5-7,11H,4H2,1-3H3. The molecule has 0 aromatic heterocycles. The van der Waals surface area contributed by atoms with Crippen molar-refractivity contribution < 1.29 is 8.42 Å². The Morgan fingerprint density at radius 3 is 2.43 bits per heavy atom. The molecular formula is C10H15NO2S. The Morgan fingerprint density at radius 2 is 1.93 bits per heavy atom. The van der Waals surface area contributed by atoms with Gasteiger partial charge in [-0.05, 0) is 36.6 Å². The van der Waals surface area contributed by atoms with Gasteiger partial charge in [-0.3, -0.25) is 4.72 Å². The van der Waals surface area contributed by atoms with E-state index in [-0.39, 0.29) is 0 Å². The Labute approximate surface area is 85.2 Å². The number of nitrogens with one attached hydrogen (secondary N) is 1. The van der Waals surface area contributed by atoms with Gasteiger partial charge >= 0.3 is 0 Å². The summed E-state index contributed by atoms with van der Waals surface area (Å²) in [4.78, 5) is 0. The Kier molecular flexibility index (Phi) is 3.16. The Hall–Kier alpha value is -1.03. The van der Waals surface area contributed by atoms with E-state index in [0.29, 0.717) is 5.69 Å². The SMILES string of the molecule is CCc1cc(C)cc(NS(C)(=O)=O)c1. The van der Waals surface area contributed by atoms with Crippen LogP contribution < -0.4 is 4.72 Å². The molecule has 0 fully saturated rings. The molecule has 4 heteroatoms. The van der Waals surface area contributed by atoms with Crippen LogP contribution in [0.3, 0.4) is 0 Å². The van der Waals surface area contributed by atoms with Crippen molar-refractivity contribution in [1.29, 1.82) is 0 Å². The minimum absolute atomic E-state index is 0.643. The number of anilines is 1. The second-order valence-electron chi connectivity index (χ2n) is 3.44. The van der Waals surface area contributed by atoms with Gasteiger partial charge in [-0.15, -0.1) is 0 Å². The van der Waals surface area contributed by atoms with E-state index in [4.69, 9.17) is 0 Å². The van der Waals surface area contributed by atoms with Crippen molar-refractivity contribution in [2.75, 3.05) is 11.0 Å². The summed E-state index contributed by atoms with van der Waals surface area (Å²) in [7, 11) is -3.17. The fourth-order valence-electron chi connectivity index (χ4n) is 1.34. The average molecular weight is 213 g/mol. The van der Waals surface area contributed by atoms with Gasteiger partial charge < -0.3 is 0 Å². The van der Waals surface area contributed by atoms with Crippen LogP contribution in [0.4, 0.5) is 5.69 Å². The summed E-state index contributed by atoms with van der Waals surface area (Å²) in [6, 6.07) is 5.72. The number of aryl methyl sites for hydroxylation is 2. The highest BCUT2D eigenvalue weighted by Crippen LogP contribution is 2.15. The first-order chi connectivity index (χ1) is 6.40. The van der Waals surface area contributed by atoms with Gasteiger partial charge in [0.15, 0.2) is 0 Å². The van der Waals surface area contributed by atoms with Crippen molar-refractivity contribution >= 4 is 15.7 Å². The Bertz CT molecular complexity index is 424. The molecule has 0 bridgehead atoms. The normalized spacial score (nSPS) is 11.4. The van der Waals surface area contributed by atoms with Gasteiger partial charge in [0.1, 0.15) is 0 Å². The van der Waals surface area contributed by atoms with Gasteiger partial charge in [-0.2, -0.15) is 0 Å². The van der Waals surface area contributed by atoms with E-state index in [0.717, 1.165) is 23.8 Å². The van der Waals surface area contributed by atoms with Crippen molar-refractivity contribution in [3.8, 4) is 0 Å². The third-order valence-electron chi connectivity index (χ3n) is 1.85. The van der Waals surface area contributed by atoms with Gasteiger partial charge in [-0.1, -0.05) is 13.0 Å². The molecule has 3 nitrogen and oxygen atoms in total. The van der Waals surface area contributed by atoms with Gasteiger partial charge in [0.25, 0.3) is 0 Å². The predicted octanol–water partition coefficient (Wildman–Crippen LogP) is 1.93. The van der Waals surface area contributed by atoms with Crippen molar-refractivity contribution in [3.05, 3.63) is 29.3 Å². The molecule has 0 aliphatic heterocycles. The fourth-order valence-corrected chi connectivity index (χ4v) is 1.89. The minimum Gasteiger partial charge on any atom is -0.284 e. The van der Waals surface area contributed by atoms with Crippen LogP contribution in [0.5, 0.6) is 0 Å². The Morgan fingerprint density at radius 1 is 1.29 bits per heavy atom. The zero-order valence-corrected chi connectivity index (χ0v) is 9.48. The van der Waals surface area contributed by atoms with E-state index in [1.54, 1.807) is 0 Å². The average Bonchev–Trinajstić information content (AvgIpc) is 1.99. The van der Waals surface area contributed by atoms with E-state index < -0.39 is 10.0 Å². The molecule has 14 heavy (non-hydrogen) atoms. The zero-order chi connectivity index (χ0) is 10.8. The molecule has 0 saturated carbocycles. The molecule has 0 saturated heterocycles. The molecule has 1 rings (SSSR count). The van der Waals surface area contributed by atoms with Crippen molar-refractivity contribution in [1.82, 2.24) is 0 Å². The second-order valence-corrected chi connectivity index (χ2v) is 5.18. The van der Waals surface area contributed by atoms with Crippen LogP contribution in [0.25, 0.3) is 0 Å². The lowest BCUT2D eigenvalue weighted by atomic mass is 10.1. The van der Waals surface area contributed by atoms with Crippen LogP contribution in [0.1, 0.15) is 18.1 Å². The number of benzene rings is 1. The maximum Gasteiger partial charge on any atom is 0.229 e. The molecule has 1 N–H and O–H groups in total. The quantitative estimate of drug-likeness (QED) is 0.834. The maximum atomic E-state index is 11.0. The third-order valence-corrected chi connectivity index (χ3v) is 2.46. The first-order valence-corrected chi connectivity index (χ1v) is 6.38. The van der Waals surface area contributed by atoms with Crippen molar-refractivity contribution in [3.63, 3.8) is 0 Å². The van der Waals surface area contributed by atoms with Crippen LogP contribution in [-0.2, 0) is 16.4 Å². The lowest BCUT2D eigenvalue weighted by Gasteiger charge is -2.07. The van der Waals surface area contributed by atoms with Gasteiger partial charge in [0.05, 0.1) is 6.26 Å². The summed E-state index contributed by atoms with van der Waals surface area (Å²) in [6.45, 7) is 3.99. The molecule has 0 aliphatic rings. The monoisotopic (exact) mass is 213 g/mol. The molecule has 0 unspecified atom stereocenters. The summed E-state index contributed by atoms with van der Waals surface area (Å²) in [5.74, 6) is 0. The van der Waals surface area contributed by atoms with Gasteiger partial charge in [0.2, 0.25) is 10.0 Å². The molecule has 1 aromatic carbocycles. The molecule has 0 atom stereocenters. The van der Waals surface area contributed by atoms with E-state index in [2.05, 4.69) is 4.72 Å². The number of hydrogen-bond acceptors (Lipinski definition) is 2. The molecular weight excluding hydrogens is 198 g/mol. The summed E-state index contributed by atoms with van der Waals surface area (Å²) >= 11 is 0. The fraction of sp³-hybridized carbons (Fsp3) is 0.400. The van der Waals surface area contributed by atoms with E-state index >= 15 is 0 Å². The third kappa shape index (κ3) is 3.38. The van der Waals surface area contributed by atoms with Crippen LogP contribution in [0.15, 0.2) is 18.2 Å². The molecule has 0 spiro atoms. The minimum atomic E-state index is -3.17. The predicted molar refractivity (Wildman–Crippen MR) is 59.0 cm³/mol. The van der Waals surface area contributed by atoms with Gasteiger partial charge in [-0.25, -0.2) is 8.42 Å². The van der Waals surface area contributed by atoms with E-state index in [1.165, 1.54) is 0 Å². The topological polar surface area (TPSA) is 46.2 Å². The number of hydrogen-bond donors (Lipinski definition) is 1. The number of rotatable bonds is 3. The first kappa shape index (κ1) is 11.0. The molecule has 0 heterocycles. The van der Waals surface area contributed by atoms with Crippen molar-refractivity contribution in [2.24, 2.45) is 0 Å². The van der Waals surface area contributed by atoms with E-state index in [1.807, 2.05) is 32.0 Å². The summed E-state index contributed by atoms with van der Waals surface area (Å²) in [6.07, 6.45) is 2.06. The molecule has 0 radical (unpaired) electrons. The first-order valence-electron chi connectivity index (χ1n) is 4.49. The van der Waals surface area contributed by atoms with Crippen LogP contribution in [0, 0.1) is 6.92 Å². The Balaban J connectivity index is 3.04. The smallest absolute Gasteiger partial charge is 0.229 e. The van der Waals surface area contributed by atoms with Crippen LogP contribution in [-0.4, -0.2) is 14.7 Å². The van der Waals surface area contributed by atoms with E-state index in [9.17, 15) is 8.42 Å². The lowest BCUT2D eigenvalue weighted by Crippen LogP contribution is -2.09. The molecule has 1 aromatic rings. The zero-order valence-electron chi connectivity index (χ0n) is 8.66. The van der Waals surface area contributed by atoms with Gasteiger partial charge in [0, 0.05) is 5.69 Å². The highest BCUT2D eigenvalue weighted by Gasteiger charge is 2.02. The summed E-state index contributed by atoms with van der Waals surface area (Å²) in [5.41, 5.74) is 2.84. The summed E-state index contributed by atoms with van der Waals surface area (Å²) in [5, 5.41) is 0. The highest BCUT2D eigenvalue weighted by atomic mass is 32.2. The largest absolute Gasteiger partial charge is 0.284 e. The molecule has 0 aliphatic carbocycles. The lowest BCUT2D eigenvalue weighted by molar-refractivity contribution is 0.607. The highest BCUT2D eigenvalue weighted by molar-refractivity contribution is 7.92. The van der Waals surface area contributed by atoms with Crippen LogP contribution in [0.2, 0.25) is 0 Å². The second kappa shape index (κ2) is 4.00. The van der Waals surface area contributed by atoms with Crippen molar-refractivity contribution in [2.45, 2.75) is 20.3 Å². The number of sulfonamides is 1. The summed E-state index contributed by atoms with van der Waals surface area (Å²) < 4.78 is 24.5. The maximum absolute atomic E-state index is 11.0. The molecule has 78 valence electrons. The molecule has 0 amide bonds.